The summed E-state index contributed by atoms with van der Waals surface area (Å²) < 4.78 is 39.5. The number of thioether (sulfide) groups is 1. The SMILES string of the molecule is Cc1nc(SCc2ccc(C(=O)N3CCN(C)CC3)cc2)nc(N2CCN(c3cccc(C(F)(F)F)c3)CC2)c1C. The second-order valence-corrected chi connectivity index (χ2v) is 11.6. The van der Waals surface area contributed by atoms with Gasteiger partial charge in [-0.15, -0.1) is 0 Å². The van der Waals surface area contributed by atoms with E-state index in [9.17, 15) is 18.0 Å². The van der Waals surface area contributed by atoms with Gasteiger partial charge >= 0.3 is 6.18 Å². The van der Waals surface area contributed by atoms with E-state index in [1.807, 2.05) is 47.9 Å². The monoisotopic (exact) mass is 584 g/mol. The first-order chi connectivity index (χ1) is 19.6. The van der Waals surface area contributed by atoms with Gasteiger partial charge in [0.15, 0.2) is 5.16 Å². The van der Waals surface area contributed by atoms with E-state index < -0.39 is 11.7 Å². The Morgan fingerprint density at radius 3 is 2.20 bits per heavy atom. The van der Waals surface area contributed by atoms with Gasteiger partial charge in [-0.05, 0) is 56.8 Å². The lowest BCUT2D eigenvalue weighted by Gasteiger charge is -2.37. The first-order valence-electron chi connectivity index (χ1n) is 13.8. The number of piperazine rings is 2. The molecule has 0 bridgehead atoms. The van der Waals surface area contributed by atoms with Crippen molar-refractivity contribution in [2.45, 2.75) is 30.9 Å². The van der Waals surface area contributed by atoms with Crippen LogP contribution in [0.2, 0.25) is 0 Å². The third-order valence-electron chi connectivity index (χ3n) is 7.82. The van der Waals surface area contributed by atoms with Gasteiger partial charge in [-0.3, -0.25) is 4.79 Å². The number of rotatable bonds is 6. The number of anilines is 2. The van der Waals surface area contributed by atoms with Gasteiger partial charge in [0.05, 0.1) is 5.56 Å². The highest BCUT2D eigenvalue weighted by Gasteiger charge is 2.31. The highest BCUT2D eigenvalue weighted by atomic mass is 32.2. The third-order valence-corrected chi connectivity index (χ3v) is 8.74. The molecular formula is C30H35F3N6OS. The van der Waals surface area contributed by atoms with Gasteiger partial charge < -0.3 is 19.6 Å². The minimum absolute atomic E-state index is 0.0765. The largest absolute Gasteiger partial charge is 0.416 e. The Balaban J connectivity index is 1.20. The molecule has 7 nitrogen and oxygen atoms in total. The second kappa shape index (κ2) is 12.3. The average molecular weight is 585 g/mol. The maximum absolute atomic E-state index is 13.2. The maximum atomic E-state index is 13.2. The van der Waals surface area contributed by atoms with Gasteiger partial charge in [-0.1, -0.05) is 30.0 Å². The van der Waals surface area contributed by atoms with E-state index in [0.29, 0.717) is 48.3 Å². The lowest BCUT2D eigenvalue weighted by molar-refractivity contribution is -0.137. The molecule has 1 amide bonds. The molecule has 0 spiro atoms. The summed E-state index contributed by atoms with van der Waals surface area (Å²) in [6.07, 6.45) is -4.36. The van der Waals surface area contributed by atoms with E-state index in [-0.39, 0.29) is 5.91 Å². The van der Waals surface area contributed by atoms with E-state index in [1.165, 1.54) is 12.1 Å². The molecule has 5 rings (SSSR count). The fraction of sp³-hybridized carbons (Fsp3) is 0.433. The van der Waals surface area contributed by atoms with Crippen molar-refractivity contribution in [1.82, 2.24) is 19.8 Å². The molecule has 218 valence electrons. The van der Waals surface area contributed by atoms with Crippen LogP contribution in [0.3, 0.4) is 0 Å². The summed E-state index contributed by atoms with van der Waals surface area (Å²) in [5.74, 6) is 1.62. The van der Waals surface area contributed by atoms with Gasteiger partial charge in [0, 0.05) is 80.6 Å². The predicted octanol–water partition coefficient (Wildman–Crippen LogP) is 5.12. The van der Waals surface area contributed by atoms with Crippen LogP contribution in [-0.2, 0) is 11.9 Å². The van der Waals surface area contributed by atoms with Crippen LogP contribution in [0.15, 0.2) is 53.7 Å². The molecule has 11 heteroatoms. The molecule has 3 heterocycles. The standard InChI is InChI=1S/C30H35F3N6OS/c1-21-22(2)34-29(41-20-23-7-9-24(10-8-23)28(40)39-13-11-36(3)12-14-39)35-27(21)38-17-15-37(16-18-38)26-6-4-5-25(19-26)30(31,32)33/h4-10,19H,11-18,20H2,1-3H3. The first-order valence-corrected chi connectivity index (χ1v) is 14.8. The zero-order chi connectivity index (χ0) is 29.1. The molecule has 0 atom stereocenters. The molecule has 2 fully saturated rings. The van der Waals surface area contributed by atoms with Crippen LogP contribution in [0.4, 0.5) is 24.7 Å². The molecule has 2 aliphatic rings. The van der Waals surface area contributed by atoms with Crippen LogP contribution in [-0.4, -0.2) is 85.1 Å². The minimum Gasteiger partial charge on any atom is -0.368 e. The van der Waals surface area contributed by atoms with E-state index in [4.69, 9.17) is 9.97 Å². The van der Waals surface area contributed by atoms with Crippen molar-refractivity contribution >= 4 is 29.2 Å². The van der Waals surface area contributed by atoms with Crippen molar-refractivity contribution in [3.63, 3.8) is 0 Å². The Labute approximate surface area is 243 Å². The molecule has 1 aromatic heterocycles. The van der Waals surface area contributed by atoms with E-state index in [0.717, 1.165) is 54.9 Å². The summed E-state index contributed by atoms with van der Waals surface area (Å²) >= 11 is 1.55. The van der Waals surface area contributed by atoms with Crippen molar-refractivity contribution < 1.29 is 18.0 Å². The van der Waals surface area contributed by atoms with Crippen LogP contribution in [0.5, 0.6) is 0 Å². The van der Waals surface area contributed by atoms with Crippen molar-refractivity contribution in [2.75, 3.05) is 69.2 Å². The van der Waals surface area contributed by atoms with Crippen LogP contribution in [0.25, 0.3) is 0 Å². The Morgan fingerprint density at radius 2 is 1.54 bits per heavy atom. The molecule has 0 unspecified atom stereocenters. The van der Waals surface area contributed by atoms with E-state index in [2.05, 4.69) is 16.8 Å². The Hall–Kier alpha value is -3.31. The summed E-state index contributed by atoms with van der Waals surface area (Å²) in [6.45, 7) is 9.78. The minimum atomic E-state index is -4.36. The quantitative estimate of drug-likeness (QED) is 0.295. The number of aromatic nitrogens is 2. The van der Waals surface area contributed by atoms with Gasteiger partial charge in [-0.2, -0.15) is 13.2 Å². The van der Waals surface area contributed by atoms with Crippen LogP contribution in [0.1, 0.15) is 32.7 Å². The normalized spacial score (nSPS) is 16.8. The van der Waals surface area contributed by atoms with Crippen LogP contribution in [0, 0.1) is 13.8 Å². The topological polar surface area (TPSA) is 55.8 Å². The smallest absolute Gasteiger partial charge is 0.368 e. The second-order valence-electron chi connectivity index (χ2n) is 10.6. The van der Waals surface area contributed by atoms with Crippen LogP contribution < -0.4 is 9.80 Å². The number of hydrogen-bond donors (Lipinski definition) is 0. The first kappa shape index (κ1) is 29.2. The summed E-state index contributed by atoms with van der Waals surface area (Å²) in [7, 11) is 2.07. The van der Waals surface area contributed by atoms with Crippen molar-refractivity contribution in [1.29, 1.82) is 0 Å². The summed E-state index contributed by atoms with van der Waals surface area (Å²) in [5, 5.41) is 0.681. The number of carbonyl (C=O) groups excluding carboxylic acids is 1. The highest BCUT2D eigenvalue weighted by molar-refractivity contribution is 7.98. The number of halogens is 3. The van der Waals surface area contributed by atoms with Gasteiger partial charge in [0.2, 0.25) is 0 Å². The number of alkyl halides is 3. The maximum Gasteiger partial charge on any atom is 0.416 e. The van der Waals surface area contributed by atoms with E-state index in [1.54, 1.807) is 17.8 Å². The molecule has 41 heavy (non-hydrogen) atoms. The van der Waals surface area contributed by atoms with Crippen molar-refractivity contribution in [3.8, 4) is 0 Å². The lowest BCUT2D eigenvalue weighted by Crippen LogP contribution is -2.47. The Kier molecular flexibility index (Phi) is 8.74. The highest BCUT2D eigenvalue weighted by Crippen LogP contribution is 2.33. The van der Waals surface area contributed by atoms with Crippen molar-refractivity contribution in [2.24, 2.45) is 0 Å². The lowest BCUT2D eigenvalue weighted by atomic mass is 10.1. The number of amides is 1. The molecule has 2 aliphatic heterocycles. The molecule has 0 saturated carbocycles. The summed E-state index contributed by atoms with van der Waals surface area (Å²) in [6, 6.07) is 13.3. The number of aryl methyl sites for hydroxylation is 1. The predicted molar refractivity (Wildman–Crippen MR) is 157 cm³/mol. The number of benzene rings is 2. The molecular weight excluding hydrogens is 549 g/mol. The van der Waals surface area contributed by atoms with Gasteiger partial charge in [0.1, 0.15) is 5.82 Å². The number of nitrogens with zero attached hydrogens (tertiary/aromatic N) is 6. The third kappa shape index (κ3) is 6.95. The zero-order valence-corrected chi connectivity index (χ0v) is 24.4. The number of likely N-dealkylation sites (N-methyl/N-ethyl adjacent to an activating group) is 1. The molecule has 0 aliphatic carbocycles. The van der Waals surface area contributed by atoms with Crippen LogP contribution >= 0.6 is 11.8 Å². The Morgan fingerprint density at radius 1 is 0.878 bits per heavy atom. The number of hydrogen-bond acceptors (Lipinski definition) is 7. The average Bonchev–Trinajstić information content (AvgIpc) is 2.98. The van der Waals surface area contributed by atoms with E-state index >= 15 is 0 Å². The summed E-state index contributed by atoms with van der Waals surface area (Å²) in [4.78, 5) is 30.7. The number of carbonyl (C=O) groups is 1. The summed E-state index contributed by atoms with van der Waals surface area (Å²) in [5.41, 5.74) is 3.67. The fourth-order valence-electron chi connectivity index (χ4n) is 5.10. The molecule has 2 saturated heterocycles. The van der Waals surface area contributed by atoms with Crippen molar-refractivity contribution in [3.05, 3.63) is 76.5 Å². The molecule has 0 radical (unpaired) electrons. The fourth-order valence-corrected chi connectivity index (χ4v) is 5.94. The zero-order valence-electron chi connectivity index (χ0n) is 23.6. The Bertz CT molecular complexity index is 1370. The molecule has 3 aromatic rings. The van der Waals surface area contributed by atoms with Gasteiger partial charge in [0.25, 0.3) is 5.91 Å². The molecule has 2 aromatic carbocycles. The van der Waals surface area contributed by atoms with Gasteiger partial charge in [-0.25, -0.2) is 9.97 Å². The molecule has 0 N–H and O–H groups in total.